The van der Waals surface area contributed by atoms with Gasteiger partial charge in [0.1, 0.15) is 5.82 Å². The van der Waals surface area contributed by atoms with Crippen LogP contribution in [0.4, 0.5) is 14.9 Å². The van der Waals surface area contributed by atoms with Crippen molar-refractivity contribution in [3.8, 4) is 11.5 Å². The Balaban J connectivity index is 1.97. The molecule has 0 bridgehead atoms. The number of aliphatic hydroxyl groups is 1. The van der Waals surface area contributed by atoms with Crippen LogP contribution >= 0.6 is 15.9 Å². The molecule has 25 heavy (non-hydrogen) atoms. The molecule has 0 radical (unpaired) electrons. The Kier molecular flexibility index (Phi) is 6.60. The van der Waals surface area contributed by atoms with Gasteiger partial charge < -0.3 is 25.2 Å². The van der Waals surface area contributed by atoms with Crippen molar-refractivity contribution in [2.75, 3.05) is 26.1 Å². The van der Waals surface area contributed by atoms with E-state index in [-0.39, 0.29) is 12.4 Å². The second kappa shape index (κ2) is 8.68. The van der Waals surface area contributed by atoms with Gasteiger partial charge in [0, 0.05) is 23.2 Å². The number of ether oxygens (including phenoxy) is 2. The first-order valence-corrected chi connectivity index (χ1v) is 8.13. The molecular weight excluding hydrogens is 395 g/mol. The van der Waals surface area contributed by atoms with Crippen LogP contribution in [0.15, 0.2) is 40.9 Å². The summed E-state index contributed by atoms with van der Waals surface area (Å²) in [4.78, 5) is 12.0. The largest absolute Gasteiger partial charge is 0.493 e. The minimum Gasteiger partial charge on any atom is -0.493 e. The van der Waals surface area contributed by atoms with Crippen molar-refractivity contribution in [2.45, 2.75) is 6.10 Å². The summed E-state index contributed by atoms with van der Waals surface area (Å²) in [6.45, 7) is -0.0254. The molecule has 0 aliphatic carbocycles. The highest BCUT2D eigenvalue weighted by atomic mass is 79.9. The number of rotatable bonds is 6. The van der Waals surface area contributed by atoms with Crippen molar-refractivity contribution in [3.05, 3.63) is 52.3 Å². The second-order valence-electron chi connectivity index (χ2n) is 5.09. The lowest BCUT2D eigenvalue weighted by Gasteiger charge is -2.15. The molecule has 0 saturated heterocycles. The first-order valence-electron chi connectivity index (χ1n) is 7.34. The highest BCUT2D eigenvalue weighted by Gasteiger charge is 2.13. The average Bonchev–Trinajstić information content (AvgIpc) is 2.61. The molecule has 0 fully saturated rings. The maximum Gasteiger partial charge on any atom is 0.319 e. The minimum absolute atomic E-state index is 0.0254. The van der Waals surface area contributed by atoms with Crippen LogP contribution in [0.5, 0.6) is 11.5 Å². The molecule has 1 atom stereocenters. The van der Waals surface area contributed by atoms with Gasteiger partial charge in [-0.25, -0.2) is 9.18 Å². The normalized spacial score (nSPS) is 11.6. The Hall–Kier alpha value is -2.32. The molecule has 2 amide bonds. The number of halogens is 2. The maximum absolute atomic E-state index is 12.9. The molecule has 0 aromatic heterocycles. The van der Waals surface area contributed by atoms with Crippen LogP contribution in [-0.2, 0) is 0 Å². The van der Waals surface area contributed by atoms with E-state index in [0.29, 0.717) is 27.2 Å². The van der Waals surface area contributed by atoms with E-state index >= 15 is 0 Å². The molecule has 0 spiro atoms. The van der Waals surface area contributed by atoms with Gasteiger partial charge in [0.05, 0.1) is 26.0 Å². The number of urea groups is 1. The predicted octanol–water partition coefficient (Wildman–Crippen LogP) is 3.46. The summed E-state index contributed by atoms with van der Waals surface area (Å²) in [5.74, 6) is 0.597. The summed E-state index contributed by atoms with van der Waals surface area (Å²) in [7, 11) is 3.01. The van der Waals surface area contributed by atoms with E-state index in [1.54, 1.807) is 12.1 Å². The molecule has 0 aliphatic heterocycles. The van der Waals surface area contributed by atoms with Crippen LogP contribution in [-0.4, -0.2) is 31.9 Å². The van der Waals surface area contributed by atoms with Gasteiger partial charge in [-0.05, 0) is 33.6 Å². The molecule has 8 heteroatoms. The molecule has 0 saturated carbocycles. The zero-order chi connectivity index (χ0) is 18.4. The smallest absolute Gasteiger partial charge is 0.319 e. The standard InChI is InChI=1S/C17H18BrFN2O4/c1-24-15-7-12(18)13(8-16(15)25-2)21-17(23)20-9-14(22)10-3-5-11(19)6-4-10/h3-8,14,22H,9H2,1-2H3,(H2,20,21,23). The van der Waals surface area contributed by atoms with Gasteiger partial charge in [-0.15, -0.1) is 0 Å². The number of anilines is 1. The topological polar surface area (TPSA) is 79.8 Å². The Morgan fingerprint density at radius 1 is 1.20 bits per heavy atom. The molecule has 3 N–H and O–H groups in total. The second-order valence-corrected chi connectivity index (χ2v) is 5.94. The van der Waals surface area contributed by atoms with Crippen LogP contribution in [0.25, 0.3) is 0 Å². The fourth-order valence-corrected chi connectivity index (χ4v) is 2.53. The van der Waals surface area contributed by atoms with E-state index in [2.05, 4.69) is 26.6 Å². The number of methoxy groups -OCH3 is 2. The zero-order valence-corrected chi connectivity index (χ0v) is 15.3. The van der Waals surface area contributed by atoms with E-state index in [9.17, 15) is 14.3 Å². The third-order valence-electron chi connectivity index (χ3n) is 3.43. The third-order valence-corrected chi connectivity index (χ3v) is 4.09. The number of nitrogens with one attached hydrogen (secondary N) is 2. The van der Waals surface area contributed by atoms with Crippen LogP contribution in [0.1, 0.15) is 11.7 Å². The Morgan fingerprint density at radius 2 is 1.80 bits per heavy atom. The number of hydrogen-bond acceptors (Lipinski definition) is 4. The van der Waals surface area contributed by atoms with Gasteiger partial charge in [-0.2, -0.15) is 0 Å². The van der Waals surface area contributed by atoms with E-state index in [4.69, 9.17) is 9.47 Å². The van der Waals surface area contributed by atoms with Crippen molar-refractivity contribution >= 4 is 27.6 Å². The number of benzene rings is 2. The lowest BCUT2D eigenvalue weighted by Crippen LogP contribution is -2.32. The van der Waals surface area contributed by atoms with Crippen molar-refractivity contribution in [1.82, 2.24) is 5.32 Å². The van der Waals surface area contributed by atoms with E-state index in [1.165, 1.54) is 38.5 Å². The highest BCUT2D eigenvalue weighted by Crippen LogP contribution is 2.36. The van der Waals surface area contributed by atoms with Gasteiger partial charge in [-0.1, -0.05) is 12.1 Å². The average molecular weight is 413 g/mol. The van der Waals surface area contributed by atoms with E-state index in [1.807, 2.05) is 0 Å². The maximum atomic E-state index is 12.9. The van der Waals surface area contributed by atoms with Crippen LogP contribution in [0.3, 0.4) is 0 Å². The molecule has 2 aromatic rings. The summed E-state index contributed by atoms with van der Waals surface area (Å²) in [5.41, 5.74) is 0.986. The van der Waals surface area contributed by atoms with Gasteiger partial charge in [0.2, 0.25) is 0 Å². The Bertz CT molecular complexity index is 740. The van der Waals surface area contributed by atoms with Gasteiger partial charge in [0.25, 0.3) is 0 Å². The van der Waals surface area contributed by atoms with Crippen molar-refractivity contribution in [1.29, 1.82) is 0 Å². The van der Waals surface area contributed by atoms with Crippen LogP contribution in [0, 0.1) is 5.82 Å². The van der Waals surface area contributed by atoms with E-state index < -0.39 is 12.1 Å². The molecule has 134 valence electrons. The molecule has 0 heterocycles. The highest BCUT2D eigenvalue weighted by molar-refractivity contribution is 9.10. The fraction of sp³-hybridized carbons (Fsp3) is 0.235. The minimum atomic E-state index is -0.944. The number of amides is 2. The number of hydrogen-bond donors (Lipinski definition) is 3. The monoisotopic (exact) mass is 412 g/mol. The number of aliphatic hydroxyl groups excluding tert-OH is 1. The molecule has 0 aliphatic rings. The van der Waals surface area contributed by atoms with Crippen molar-refractivity contribution < 1.29 is 23.8 Å². The summed E-state index contributed by atoms with van der Waals surface area (Å²) < 4.78 is 23.8. The summed E-state index contributed by atoms with van der Waals surface area (Å²) in [6.07, 6.45) is -0.944. The van der Waals surface area contributed by atoms with Crippen LogP contribution in [0.2, 0.25) is 0 Å². The molecule has 6 nitrogen and oxygen atoms in total. The first kappa shape index (κ1) is 19.0. The third kappa shape index (κ3) is 5.07. The number of carbonyl (C=O) groups excluding carboxylic acids is 1. The fourth-order valence-electron chi connectivity index (χ4n) is 2.11. The number of carbonyl (C=O) groups is 1. The Morgan fingerprint density at radius 3 is 2.40 bits per heavy atom. The molecule has 1 unspecified atom stereocenters. The summed E-state index contributed by atoms with van der Waals surface area (Å²) in [5, 5.41) is 15.2. The molecule has 2 rings (SSSR count). The summed E-state index contributed by atoms with van der Waals surface area (Å²) >= 11 is 3.34. The van der Waals surface area contributed by atoms with Gasteiger partial charge >= 0.3 is 6.03 Å². The quantitative estimate of drug-likeness (QED) is 0.678. The first-order chi connectivity index (χ1) is 11.9. The van der Waals surface area contributed by atoms with Crippen molar-refractivity contribution in [2.24, 2.45) is 0 Å². The van der Waals surface area contributed by atoms with E-state index in [0.717, 1.165) is 0 Å². The van der Waals surface area contributed by atoms with Crippen molar-refractivity contribution in [3.63, 3.8) is 0 Å². The lowest BCUT2D eigenvalue weighted by atomic mass is 10.1. The van der Waals surface area contributed by atoms with Crippen LogP contribution < -0.4 is 20.1 Å². The Labute approximate surface area is 153 Å². The zero-order valence-electron chi connectivity index (χ0n) is 13.7. The molecule has 2 aromatic carbocycles. The predicted molar refractivity (Wildman–Crippen MR) is 95.6 cm³/mol. The summed E-state index contributed by atoms with van der Waals surface area (Å²) in [6, 6.07) is 8.20. The molecular formula is C17H18BrFN2O4. The lowest BCUT2D eigenvalue weighted by molar-refractivity contribution is 0.175. The SMILES string of the molecule is COc1cc(Br)c(NC(=O)NCC(O)c2ccc(F)cc2)cc1OC. The van der Waals surface area contributed by atoms with Gasteiger partial charge in [0.15, 0.2) is 11.5 Å². The van der Waals surface area contributed by atoms with Gasteiger partial charge in [-0.3, -0.25) is 0 Å².